The SMILES string of the molecule is CCCC(C)C1CCC(C2CCC(c3ccc(OCCC(CCOc4ccc(C5CCC(C6CCC(C(CC)CC)CC6)CC5)c(F)c4F)C(F)(F)F)c(F)c3F)CC2)CC1. The van der Waals surface area contributed by atoms with E-state index in [1.807, 2.05) is 0 Å². The molecule has 2 unspecified atom stereocenters. The third-order valence-corrected chi connectivity index (χ3v) is 16.7. The molecule has 4 fully saturated rings. The van der Waals surface area contributed by atoms with E-state index in [-0.39, 0.29) is 11.8 Å². The predicted octanol–water partition coefficient (Wildman–Crippen LogP) is 16.7. The lowest BCUT2D eigenvalue weighted by molar-refractivity contribution is -0.181. The molecule has 0 bridgehead atoms. The van der Waals surface area contributed by atoms with Crippen LogP contribution in [0.1, 0.15) is 192 Å². The largest absolute Gasteiger partial charge is 0.490 e. The van der Waals surface area contributed by atoms with Crippen molar-refractivity contribution >= 4 is 0 Å². The van der Waals surface area contributed by atoms with Gasteiger partial charge in [-0.2, -0.15) is 22.0 Å². The zero-order chi connectivity index (χ0) is 43.7. The molecule has 0 aliphatic heterocycles. The van der Waals surface area contributed by atoms with Gasteiger partial charge in [-0.1, -0.05) is 65.5 Å². The van der Waals surface area contributed by atoms with E-state index < -0.39 is 72.9 Å². The van der Waals surface area contributed by atoms with Crippen molar-refractivity contribution in [1.29, 1.82) is 0 Å². The molecule has 2 aromatic carbocycles. The second kappa shape index (κ2) is 22.4. The maximum absolute atomic E-state index is 15.4. The fourth-order valence-electron chi connectivity index (χ4n) is 12.8. The van der Waals surface area contributed by atoms with Gasteiger partial charge in [0.25, 0.3) is 0 Å². The van der Waals surface area contributed by atoms with Gasteiger partial charge in [-0.3, -0.25) is 0 Å². The average molecular weight is 865 g/mol. The number of hydrogen-bond acceptors (Lipinski definition) is 2. The minimum atomic E-state index is -4.63. The van der Waals surface area contributed by atoms with Crippen molar-refractivity contribution in [2.75, 3.05) is 13.2 Å². The fourth-order valence-corrected chi connectivity index (χ4v) is 12.8. The molecule has 2 aromatic rings. The summed E-state index contributed by atoms with van der Waals surface area (Å²) < 4.78 is 114. The van der Waals surface area contributed by atoms with Gasteiger partial charge < -0.3 is 9.47 Å². The number of benzene rings is 2. The predicted molar refractivity (Wildman–Crippen MR) is 231 cm³/mol. The summed E-state index contributed by atoms with van der Waals surface area (Å²) in [4.78, 5) is 0. The summed E-state index contributed by atoms with van der Waals surface area (Å²) in [7, 11) is 0. The number of alkyl halides is 3. The van der Waals surface area contributed by atoms with Crippen molar-refractivity contribution in [1.82, 2.24) is 0 Å². The van der Waals surface area contributed by atoms with Gasteiger partial charge in [0.15, 0.2) is 23.1 Å². The topological polar surface area (TPSA) is 18.5 Å². The molecule has 61 heavy (non-hydrogen) atoms. The molecular weight excluding hydrogens is 790 g/mol. The first-order valence-corrected chi connectivity index (χ1v) is 24.6. The summed E-state index contributed by atoms with van der Waals surface area (Å²) in [6.07, 6.45) is 16.7. The van der Waals surface area contributed by atoms with Crippen LogP contribution in [0.4, 0.5) is 30.7 Å². The maximum atomic E-state index is 15.4. The maximum Gasteiger partial charge on any atom is 0.392 e. The van der Waals surface area contributed by atoms with Crippen LogP contribution >= 0.6 is 0 Å². The molecule has 0 amide bonds. The van der Waals surface area contributed by atoms with Gasteiger partial charge in [-0.15, -0.1) is 0 Å². The molecule has 4 saturated carbocycles. The van der Waals surface area contributed by atoms with Crippen LogP contribution in [0.15, 0.2) is 24.3 Å². The quantitative estimate of drug-likeness (QED) is 0.139. The highest BCUT2D eigenvalue weighted by molar-refractivity contribution is 5.34. The standard InChI is InChI=1S/C52H75F7O2/c1-5-8-33(4)35-9-11-37(12-10-35)39-17-21-41(22-18-39)44-25-27-46(50(55)48(44)53)60-31-29-43(52(57,58)59)30-32-61-47-28-26-45(49(54)51(47)56)42-23-19-40(20-24-42)38-15-13-36(14-16-38)34(6-2)7-3/h25-28,33-43H,5-24,29-32H2,1-4H3. The molecule has 9 heteroatoms. The smallest absolute Gasteiger partial charge is 0.392 e. The van der Waals surface area contributed by atoms with E-state index in [0.717, 1.165) is 75.0 Å². The second-order valence-electron chi connectivity index (χ2n) is 20.0. The van der Waals surface area contributed by atoms with Crippen molar-refractivity contribution < 1.29 is 40.2 Å². The molecule has 344 valence electrons. The number of ether oxygens (including phenoxy) is 2. The Labute approximate surface area is 362 Å². The summed E-state index contributed by atoms with van der Waals surface area (Å²) >= 11 is 0. The van der Waals surface area contributed by atoms with Crippen molar-refractivity contribution in [2.45, 2.75) is 187 Å². The minimum Gasteiger partial charge on any atom is -0.490 e. The van der Waals surface area contributed by atoms with Crippen LogP contribution in [0.5, 0.6) is 11.5 Å². The molecule has 2 atom stereocenters. The van der Waals surface area contributed by atoms with E-state index in [4.69, 9.17) is 9.47 Å². The van der Waals surface area contributed by atoms with E-state index in [9.17, 15) is 13.2 Å². The van der Waals surface area contributed by atoms with E-state index >= 15 is 17.6 Å². The van der Waals surface area contributed by atoms with Crippen LogP contribution in [0.3, 0.4) is 0 Å². The van der Waals surface area contributed by atoms with Crippen LogP contribution in [0.25, 0.3) is 0 Å². The van der Waals surface area contributed by atoms with Gasteiger partial charge >= 0.3 is 6.18 Å². The average Bonchev–Trinajstić information content (AvgIpc) is 3.26. The van der Waals surface area contributed by atoms with Gasteiger partial charge in [0.05, 0.1) is 19.1 Å². The summed E-state index contributed by atoms with van der Waals surface area (Å²) in [5, 5.41) is 0. The molecular formula is C52H75F7O2. The Kier molecular flexibility index (Phi) is 17.7. The van der Waals surface area contributed by atoms with Gasteiger partial charge in [0.1, 0.15) is 0 Å². The summed E-state index contributed by atoms with van der Waals surface area (Å²) in [5.41, 5.74) is 0.630. The van der Waals surface area contributed by atoms with Crippen LogP contribution < -0.4 is 9.47 Å². The van der Waals surface area contributed by atoms with Crippen molar-refractivity contribution in [3.63, 3.8) is 0 Å². The van der Waals surface area contributed by atoms with Crippen LogP contribution in [0.2, 0.25) is 0 Å². The van der Waals surface area contributed by atoms with Gasteiger partial charge in [-0.25, -0.2) is 8.78 Å². The lowest BCUT2D eigenvalue weighted by atomic mass is 9.66. The van der Waals surface area contributed by atoms with Gasteiger partial charge in [-0.05, 0) is 198 Å². The molecule has 0 radical (unpaired) electrons. The van der Waals surface area contributed by atoms with E-state index in [0.29, 0.717) is 34.8 Å². The van der Waals surface area contributed by atoms with Crippen LogP contribution in [0, 0.1) is 76.5 Å². The minimum absolute atomic E-state index is 0.0939. The molecule has 0 spiro atoms. The monoisotopic (exact) mass is 865 g/mol. The van der Waals surface area contributed by atoms with Crippen LogP contribution in [-0.2, 0) is 0 Å². The molecule has 0 heterocycles. The van der Waals surface area contributed by atoms with Gasteiger partial charge in [0.2, 0.25) is 11.6 Å². The Bertz CT molecular complexity index is 1620. The first kappa shape index (κ1) is 48.0. The lowest BCUT2D eigenvalue weighted by Crippen LogP contribution is -2.28. The highest BCUT2D eigenvalue weighted by Crippen LogP contribution is 2.48. The van der Waals surface area contributed by atoms with Crippen molar-refractivity contribution in [2.24, 2.45) is 53.3 Å². The summed E-state index contributed by atoms with van der Waals surface area (Å²) in [6, 6.07) is 5.72. The highest BCUT2D eigenvalue weighted by atomic mass is 19.4. The molecule has 2 nitrogen and oxygen atoms in total. The van der Waals surface area contributed by atoms with E-state index in [2.05, 4.69) is 27.7 Å². The summed E-state index contributed by atoms with van der Waals surface area (Å²) in [5.74, 6) is -1.28. The molecule has 0 N–H and O–H groups in total. The van der Waals surface area contributed by atoms with Crippen molar-refractivity contribution in [3.05, 3.63) is 58.7 Å². The zero-order valence-electron chi connectivity index (χ0n) is 37.6. The number of rotatable bonds is 18. The first-order chi connectivity index (χ1) is 29.3. The van der Waals surface area contributed by atoms with Crippen molar-refractivity contribution in [3.8, 4) is 11.5 Å². The Morgan fingerprint density at radius 3 is 1.25 bits per heavy atom. The molecule has 0 aromatic heterocycles. The molecule has 4 aliphatic rings. The Balaban J connectivity index is 0.931. The summed E-state index contributed by atoms with van der Waals surface area (Å²) in [6.45, 7) is 8.23. The zero-order valence-corrected chi connectivity index (χ0v) is 37.6. The first-order valence-electron chi connectivity index (χ1n) is 24.6. The Hall–Kier alpha value is -2.45. The molecule has 6 rings (SSSR count). The van der Waals surface area contributed by atoms with E-state index in [1.165, 1.54) is 101 Å². The molecule has 4 aliphatic carbocycles. The number of halogens is 7. The lowest BCUT2D eigenvalue weighted by Gasteiger charge is -2.39. The highest BCUT2D eigenvalue weighted by Gasteiger charge is 2.40. The Morgan fingerprint density at radius 1 is 0.508 bits per heavy atom. The second-order valence-corrected chi connectivity index (χ2v) is 20.0. The van der Waals surface area contributed by atoms with Crippen LogP contribution in [-0.4, -0.2) is 19.4 Å². The normalized spacial score (nSPS) is 28.7. The third-order valence-electron chi connectivity index (χ3n) is 16.7. The number of hydrogen-bond donors (Lipinski definition) is 0. The molecule has 0 saturated heterocycles. The Morgan fingerprint density at radius 2 is 0.885 bits per heavy atom. The fraction of sp³-hybridized carbons (Fsp3) is 0.769. The third kappa shape index (κ3) is 12.2. The van der Waals surface area contributed by atoms with Gasteiger partial charge in [0, 0.05) is 0 Å². The van der Waals surface area contributed by atoms with E-state index in [1.54, 1.807) is 0 Å².